The molecule has 2 aliphatic heterocycles. The van der Waals surface area contributed by atoms with Gasteiger partial charge in [-0.25, -0.2) is 24.3 Å². The summed E-state index contributed by atoms with van der Waals surface area (Å²) in [5.74, 6) is 1.22. The van der Waals surface area contributed by atoms with Gasteiger partial charge in [0.05, 0.1) is 36.2 Å². The zero-order valence-corrected chi connectivity index (χ0v) is 22.7. The van der Waals surface area contributed by atoms with Crippen LogP contribution in [0.3, 0.4) is 0 Å². The second-order valence-electron chi connectivity index (χ2n) is 10.3. The van der Waals surface area contributed by atoms with Crippen molar-refractivity contribution in [3.8, 4) is 17.3 Å². The maximum absolute atomic E-state index is 13.7. The summed E-state index contributed by atoms with van der Waals surface area (Å²) >= 11 is 0. The molecule has 40 heavy (non-hydrogen) atoms. The van der Waals surface area contributed by atoms with E-state index in [1.165, 1.54) is 0 Å². The zero-order valence-electron chi connectivity index (χ0n) is 22.7. The van der Waals surface area contributed by atoms with E-state index in [0.717, 1.165) is 26.2 Å². The third-order valence-electron chi connectivity index (χ3n) is 7.16. The van der Waals surface area contributed by atoms with Gasteiger partial charge in [0, 0.05) is 56.7 Å². The fourth-order valence-corrected chi connectivity index (χ4v) is 4.92. The van der Waals surface area contributed by atoms with Crippen LogP contribution in [-0.2, 0) is 4.79 Å². The van der Waals surface area contributed by atoms with E-state index < -0.39 is 6.17 Å². The first-order valence-electron chi connectivity index (χ1n) is 13.5. The number of amides is 1. The predicted molar refractivity (Wildman–Crippen MR) is 151 cm³/mol. The summed E-state index contributed by atoms with van der Waals surface area (Å²) in [5.41, 5.74) is 2.27. The number of rotatable bonds is 8. The van der Waals surface area contributed by atoms with Crippen molar-refractivity contribution in [2.45, 2.75) is 32.5 Å². The highest BCUT2D eigenvalue weighted by atomic mass is 19.1. The van der Waals surface area contributed by atoms with Crippen LogP contribution in [0.5, 0.6) is 0 Å². The number of carbonyl (C=O) groups is 1. The smallest absolute Gasteiger partial charge is 0.239 e. The van der Waals surface area contributed by atoms with E-state index in [4.69, 9.17) is 0 Å². The molecule has 2 aliphatic rings. The highest BCUT2D eigenvalue weighted by molar-refractivity contribution is 5.91. The number of piperazine rings is 1. The van der Waals surface area contributed by atoms with E-state index in [0.29, 0.717) is 65.6 Å². The van der Waals surface area contributed by atoms with Gasteiger partial charge in [-0.1, -0.05) is 0 Å². The number of nitrogens with zero attached hydrogens (tertiary/aromatic N) is 8. The van der Waals surface area contributed by atoms with Crippen LogP contribution in [0, 0.1) is 11.3 Å². The van der Waals surface area contributed by atoms with Crippen molar-refractivity contribution in [1.82, 2.24) is 29.7 Å². The Hall–Kier alpha value is -4.21. The molecule has 1 amide bonds. The fraction of sp³-hybridized carbons (Fsp3) is 0.429. The molecular formula is C28H33FN10O. The van der Waals surface area contributed by atoms with Crippen LogP contribution in [-0.4, -0.2) is 93.7 Å². The van der Waals surface area contributed by atoms with Crippen LogP contribution < -0.4 is 15.5 Å². The average Bonchev–Trinajstić information content (AvgIpc) is 3.40. The summed E-state index contributed by atoms with van der Waals surface area (Å²) in [6.45, 7) is 9.18. The van der Waals surface area contributed by atoms with E-state index in [1.807, 2.05) is 0 Å². The molecule has 0 saturated carbocycles. The summed E-state index contributed by atoms with van der Waals surface area (Å²) in [6.07, 6.45) is 4.39. The number of alkyl halides is 1. The molecule has 2 fully saturated rings. The van der Waals surface area contributed by atoms with E-state index in [1.54, 1.807) is 47.8 Å². The van der Waals surface area contributed by atoms with Crippen LogP contribution in [0.1, 0.15) is 25.8 Å². The molecule has 11 nitrogen and oxygen atoms in total. The lowest BCUT2D eigenvalue weighted by Gasteiger charge is -2.36. The lowest BCUT2D eigenvalue weighted by Crippen LogP contribution is -2.50. The van der Waals surface area contributed by atoms with E-state index in [-0.39, 0.29) is 12.5 Å². The Morgan fingerprint density at radius 2 is 1.95 bits per heavy atom. The summed E-state index contributed by atoms with van der Waals surface area (Å²) < 4.78 is 13.7. The van der Waals surface area contributed by atoms with Gasteiger partial charge in [0.1, 0.15) is 23.9 Å². The molecule has 208 valence electrons. The van der Waals surface area contributed by atoms with Gasteiger partial charge in [-0.15, -0.1) is 0 Å². The largest absolute Gasteiger partial charge is 0.352 e. The van der Waals surface area contributed by atoms with Crippen molar-refractivity contribution >= 4 is 29.2 Å². The zero-order chi connectivity index (χ0) is 28.1. The molecule has 2 N–H and O–H groups in total. The van der Waals surface area contributed by atoms with Crippen molar-refractivity contribution in [2.24, 2.45) is 0 Å². The molecule has 5 rings (SSSR count). The lowest BCUT2D eigenvalue weighted by molar-refractivity contribution is -0.117. The number of nitriles is 1. The number of carbonyl (C=O) groups excluding carboxylic acids is 1. The quantitative estimate of drug-likeness (QED) is 0.437. The van der Waals surface area contributed by atoms with Gasteiger partial charge in [-0.05, 0) is 44.5 Å². The SMILES string of the molecule is CC(C)N1CCN(CC(=O)Nc2ccc(Nc3nccc(-c4cnc(N5CCC(F)C5)c(C#N)c4)n3)cn2)CC1. The van der Waals surface area contributed by atoms with Gasteiger partial charge in [-0.3, -0.25) is 14.6 Å². The van der Waals surface area contributed by atoms with Crippen LogP contribution >= 0.6 is 0 Å². The monoisotopic (exact) mass is 544 g/mol. The Balaban J connectivity index is 1.18. The molecule has 2 saturated heterocycles. The predicted octanol–water partition coefficient (Wildman–Crippen LogP) is 3.06. The number of nitrogens with one attached hydrogen (secondary N) is 2. The first-order chi connectivity index (χ1) is 19.4. The Bertz CT molecular complexity index is 1370. The summed E-state index contributed by atoms with van der Waals surface area (Å²) in [5, 5.41) is 15.6. The van der Waals surface area contributed by atoms with Gasteiger partial charge < -0.3 is 15.5 Å². The van der Waals surface area contributed by atoms with Crippen molar-refractivity contribution < 1.29 is 9.18 Å². The maximum Gasteiger partial charge on any atom is 0.239 e. The van der Waals surface area contributed by atoms with Gasteiger partial charge >= 0.3 is 0 Å². The van der Waals surface area contributed by atoms with Gasteiger partial charge in [0.15, 0.2) is 0 Å². The molecular weight excluding hydrogens is 511 g/mol. The van der Waals surface area contributed by atoms with Crippen molar-refractivity contribution in [3.63, 3.8) is 0 Å². The molecule has 5 heterocycles. The van der Waals surface area contributed by atoms with Crippen molar-refractivity contribution in [1.29, 1.82) is 5.26 Å². The maximum atomic E-state index is 13.7. The Labute approximate surface area is 233 Å². The van der Waals surface area contributed by atoms with Crippen molar-refractivity contribution in [3.05, 3.63) is 48.4 Å². The van der Waals surface area contributed by atoms with Gasteiger partial charge in [0.2, 0.25) is 11.9 Å². The minimum Gasteiger partial charge on any atom is -0.352 e. The van der Waals surface area contributed by atoms with Crippen LogP contribution in [0.15, 0.2) is 42.9 Å². The number of pyridine rings is 2. The molecule has 0 aliphatic carbocycles. The minimum absolute atomic E-state index is 0.0900. The molecule has 12 heteroatoms. The van der Waals surface area contributed by atoms with Crippen molar-refractivity contribution in [2.75, 3.05) is 61.3 Å². The molecule has 3 aromatic rings. The molecule has 1 atom stereocenters. The van der Waals surface area contributed by atoms with Gasteiger partial charge in [0.25, 0.3) is 0 Å². The van der Waals surface area contributed by atoms with E-state index >= 15 is 0 Å². The minimum atomic E-state index is -0.903. The second kappa shape index (κ2) is 12.3. The summed E-state index contributed by atoms with van der Waals surface area (Å²) in [4.78, 5) is 36.5. The molecule has 0 radical (unpaired) electrons. The number of halogens is 1. The third-order valence-corrected chi connectivity index (χ3v) is 7.16. The standard InChI is InChI=1S/C28H33FN10O/c1-19(2)38-11-9-37(10-12-38)18-26(40)36-25-4-3-23(16-32-25)34-28-31-7-5-24(35-28)21-13-20(14-30)27(33-15-21)39-8-6-22(29)17-39/h3-5,7,13,15-16,19,22H,6,8-12,17-18H2,1-2H3,(H,31,34,35)(H,32,36,40). The van der Waals surface area contributed by atoms with E-state index in [9.17, 15) is 14.4 Å². The first-order valence-corrected chi connectivity index (χ1v) is 13.5. The molecule has 0 bridgehead atoms. The normalized spacial score (nSPS) is 18.1. The number of hydrogen-bond donors (Lipinski definition) is 2. The van der Waals surface area contributed by atoms with Crippen LogP contribution in [0.4, 0.5) is 27.7 Å². The van der Waals surface area contributed by atoms with Gasteiger partial charge in [-0.2, -0.15) is 5.26 Å². The molecule has 3 aromatic heterocycles. The Morgan fingerprint density at radius 1 is 1.12 bits per heavy atom. The highest BCUT2D eigenvalue weighted by Crippen LogP contribution is 2.27. The first kappa shape index (κ1) is 27.4. The highest BCUT2D eigenvalue weighted by Gasteiger charge is 2.25. The number of aromatic nitrogens is 4. The Morgan fingerprint density at radius 3 is 2.62 bits per heavy atom. The van der Waals surface area contributed by atoms with E-state index in [2.05, 4.69) is 60.3 Å². The molecule has 1 unspecified atom stereocenters. The average molecular weight is 545 g/mol. The third kappa shape index (κ3) is 6.67. The summed E-state index contributed by atoms with van der Waals surface area (Å²) in [6, 6.07) is 9.65. The topological polar surface area (TPSA) is 126 Å². The number of hydrogen-bond acceptors (Lipinski definition) is 10. The summed E-state index contributed by atoms with van der Waals surface area (Å²) in [7, 11) is 0. The fourth-order valence-electron chi connectivity index (χ4n) is 4.92. The second-order valence-corrected chi connectivity index (χ2v) is 10.3. The lowest BCUT2D eigenvalue weighted by atomic mass is 10.1. The van der Waals surface area contributed by atoms with Crippen LogP contribution in [0.25, 0.3) is 11.3 Å². The molecule has 0 aromatic carbocycles. The molecule has 0 spiro atoms. The van der Waals surface area contributed by atoms with Crippen LogP contribution in [0.2, 0.25) is 0 Å². The number of anilines is 4. The Kier molecular flexibility index (Phi) is 8.42.